The molecular formula is C22H27N3O3. The molecule has 28 heavy (non-hydrogen) atoms. The van der Waals surface area contributed by atoms with Crippen molar-refractivity contribution in [1.82, 2.24) is 16.0 Å². The van der Waals surface area contributed by atoms with Gasteiger partial charge in [0.25, 0.3) is 0 Å². The fraction of sp³-hybridized carbons (Fsp3) is 0.364. The largest absolute Gasteiger partial charge is 0.445 e. The zero-order valence-electron chi connectivity index (χ0n) is 15.9. The maximum Gasteiger partial charge on any atom is 0.408 e. The Kier molecular flexibility index (Phi) is 7.44. The Labute approximate surface area is 165 Å². The van der Waals surface area contributed by atoms with E-state index >= 15 is 0 Å². The summed E-state index contributed by atoms with van der Waals surface area (Å²) in [6, 6.07) is 17.9. The number of benzene rings is 2. The summed E-state index contributed by atoms with van der Waals surface area (Å²) in [5.41, 5.74) is 1.62. The Hall–Kier alpha value is -2.86. The average molecular weight is 381 g/mol. The molecule has 0 aliphatic carbocycles. The maximum absolute atomic E-state index is 12.8. The van der Waals surface area contributed by atoms with E-state index in [1.807, 2.05) is 60.7 Å². The molecule has 1 aliphatic heterocycles. The molecule has 6 heteroatoms. The van der Waals surface area contributed by atoms with E-state index in [1.54, 1.807) is 0 Å². The van der Waals surface area contributed by atoms with Crippen molar-refractivity contribution in [3.05, 3.63) is 71.8 Å². The highest BCUT2D eigenvalue weighted by Gasteiger charge is 2.24. The highest BCUT2D eigenvalue weighted by molar-refractivity contribution is 5.86. The van der Waals surface area contributed by atoms with E-state index in [4.69, 9.17) is 4.74 Å². The summed E-state index contributed by atoms with van der Waals surface area (Å²) >= 11 is 0. The average Bonchev–Trinajstić information content (AvgIpc) is 2.76. The van der Waals surface area contributed by atoms with Crippen molar-refractivity contribution in [2.45, 2.75) is 25.5 Å². The number of alkyl carbamates (subject to hydrolysis) is 1. The second-order valence-corrected chi connectivity index (χ2v) is 6.99. The molecule has 0 bridgehead atoms. The first-order valence-corrected chi connectivity index (χ1v) is 9.73. The van der Waals surface area contributed by atoms with E-state index in [0.717, 1.165) is 37.1 Å². The molecule has 0 spiro atoms. The lowest BCUT2D eigenvalue weighted by molar-refractivity contribution is -0.123. The van der Waals surface area contributed by atoms with Gasteiger partial charge >= 0.3 is 6.09 Å². The van der Waals surface area contributed by atoms with E-state index in [9.17, 15) is 9.59 Å². The maximum atomic E-state index is 12.8. The molecule has 0 unspecified atom stereocenters. The molecule has 3 rings (SSSR count). The zero-order chi connectivity index (χ0) is 19.6. The molecule has 1 atom stereocenters. The summed E-state index contributed by atoms with van der Waals surface area (Å²) in [6.07, 6.45) is 1.47. The second kappa shape index (κ2) is 10.5. The third-order valence-electron chi connectivity index (χ3n) is 4.89. The van der Waals surface area contributed by atoms with Crippen LogP contribution in [-0.4, -0.2) is 31.6 Å². The van der Waals surface area contributed by atoms with Crippen LogP contribution in [-0.2, 0) is 16.1 Å². The number of rotatable bonds is 7. The van der Waals surface area contributed by atoms with Gasteiger partial charge in [0.15, 0.2) is 0 Å². The van der Waals surface area contributed by atoms with Crippen LogP contribution in [0.15, 0.2) is 60.7 Å². The van der Waals surface area contributed by atoms with Crippen molar-refractivity contribution in [2.75, 3.05) is 19.6 Å². The van der Waals surface area contributed by atoms with E-state index in [0.29, 0.717) is 12.5 Å². The fourth-order valence-corrected chi connectivity index (χ4v) is 3.26. The van der Waals surface area contributed by atoms with Crippen LogP contribution in [0, 0.1) is 5.92 Å². The zero-order valence-corrected chi connectivity index (χ0v) is 15.9. The molecule has 2 amide bonds. The number of hydrogen-bond donors (Lipinski definition) is 3. The van der Waals surface area contributed by atoms with E-state index in [2.05, 4.69) is 16.0 Å². The summed E-state index contributed by atoms with van der Waals surface area (Å²) in [5.74, 6) is 0.244. The quantitative estimate of drug-likeness (QED) is 0.689. The molecule has 1 aliphatic rings. The molecule has 2 aromatic carbocycles. The molecule has 1 heterocycles. The summed E-state index contributed by atoms with van der Waals surface area (Å²) < 4.78 is 5.29. The predicted octanol–water partition coefficient (Wildman–Crippen LogP) is 2.77. The number of carbonyl (C=O) groups is 2. The normalized spacial score (nSPS) is 15.4. The van der Waals surface area contributed by atoms with Gasteiger partial charge in [-0.15, -0.1) is 0 Å². The fourth-order valence-electron chi connectivity index (χ4n) is 3.26. The van der Waals surface area contributed by atoms with Gasteiger partial charge in [-0.3, -0.25) is 4.79 Å². The lowest BCUT2D eigenvalue weighted by Crippen LogP contribution is -2.43. The van der Waals surface area contributed by atoms with Gasteiger partial charge < -0.3 is 20.7 Å². The standard InChI is InChI=1S/C22H27N3O3/c26-21(24-15-17-11-13-23-14-12-17)20(19-9-5-2-6-10-19)25-22(27)28-16-18-7-3-1-4-8-18/h1-10,17,20,23H,11-16H2,(H,24,26)(H,25,27)/t20-/m1/s1. The molecular weight excluding hydrogens is 354 g/mol. The molecule has 1 saturated heterocycles. The smallest absolute Gasteiger partial charge is 0.408 e. The summed E-state index contributed by atoms with van der Waals surface area (Å²) in [7, 11) is 0. The first-order valence-electron chi connectivity index (χ1n) is 9.73. The first kappa shape index (κ1) is 19.9. The molecule has 6 nitrogen and oxygen atoms in total. The van der Waals surface area contributed by atoms with Gasteiger partial charge in [-0.1, -0.05) is 60.7 Å². The first-order chi connectivity index (χ1) is 13.7. The lowest BCUT2D eigenvalue weighted by atomic mass is 9.98. The topological polar surface area (TPSA) is 79.5 Å². The van der Waals surface area contributed by atoms with Crippen molar-refractivity contribution < 1.29 is 14.3 Å². The molecule has 1 fully saturated rings. The predicted molar refractivity (Wildman–Crippen MR) is 108 cm³/mol. The number of carbonyl (C=O) groups excluding carboxylic acids is 2. The van der Waals surface area contributed by atoms with Crippen LogP contribution < -0.4 is 16.0 Å². The van der Waals surface area contributed by atoms with Gasteiger partial charge in [-0.25, -0.2) is 4.79 Å². The lowest BCUT2D eigenvalue weighted by Gasteiger charge is -2.24. The summed E-state index contributed by atoms with van der Waals surface area (Å²) in [5, 5.41) is 9.02. The van der Waals surface area contributed by atoms with Crippen LogP contribution in [0.1, 0.15) is 30.0 Å². The minimum absolute atomic E-state index is 0.158. The molecule has 148 valence electrons. The highest BCUT2D eigenvalue weighted by Crippen LogP contribution is 2.15. The van der Waals surface area contributed by atoms with Crippen LogP contribution in [0.25, 0.3) is 0 Å². The Morgan fingerprint density at radius 2 is 1.64 bits per heavy atom. The van der Waals surface area contributed by atoms with Gasteiger partial charge in [0.05, 0.1) is 0 Å². The third kappa shape index (κ3) is 6.09. The van der Waals surface area contributed by atoms with Crippen LogP contribution in [0.4, 0.5) is 4.79 Å². The van der Waals surface area contributed by atoms with Crippen molar-refractivity contribution in [1.29, 1.82) is 0 Å². The van der Waals surface area contributed by atoms with Gasteiger partial charge in [0, 0.05) is 6.54 Å². The van der Waals surface area contributed by atoms with Gasteiger partial charge in [-0.05, 0) is 43.0 Å². The number of hydrogen-bond acceptors (Lipinski definition) is 4. The minimum Gasteiger partial charge on any atom is -0.445 e. The third-order valence-corrected chi connectivity index (χ3v) is 4.89. The number of piperidine rings is 1. The second-order valence-electron chi connectivity index (χ2n) is 6.99. The van der Waals surface area contributed by atoms with Crippen molar-refractivity contribution >= 4 is 12.0 Å². The number of amides is 2. The Balaban J connectivity index is 1.58. The van der Waals surface area contributed by atoms with Crippen LogP contribution in [0.5, 0.6) is 0 Å². The van der Waals surface area contributed by atoms with Gasteiger partial charge in [0.2, 0.25) is 5.91 Å². The summed E-state index contributed by atoms with van der Waals surface area (Å²) in [6.45, 7) is 2.73. The number of ether oxygens (including phenoxy) is 1. The van der Waals surface area contributed by atoms with Crippen molar-refractivity contribution in [2.24, 2.45) is 5.92 Å². The Morgan fingerprint density at radius 3 is 2.32 bits per heavy atom. The van der Waals surface area contributed by atoms with Gasteiger partial charge in [-0.2, -0.15) is 0 Å². The monoisotopic (exact) mass is 381 g/mol. The van der Waals surface area contributed by atoms with Crippen LogP contribution in [0.3, 0.4) is 0 Å². The van der Waals surface area contributed by atoms with Crippen molar-refractivity contribution in [3.8, 4) is 0 Å². The molecule has 0 radical (unpaired) electrons. The van der Waals surface area contributed by atoms with Crippen LogP contribution in [0.2, 0.25) is 0 Å². The van der Waals surface area contributed by atoms with E-state index in [-0.39, 0.29) is 12.5 Å². The van der Waals surface area contributed by atoms with Gasteiger partial charge in [0.1, 0.15) is 12.6 Å². The van der Waals surface area contributed by atoms with E-state index < -0.39 is 12.1 Å². The molecule has 3 N–H and O–H groups in total. The minimum atomic E-state index is -0.786. The highest BCUT2D eigenvalue weighted by atomic mass is 16.5. The van der Waals surface area contributed by atoms with Crippen LogP contribution >= 0.6 is 0 Å². The molecule has 0 aromatic heterocycles. The molecule has 2 aromatic rings. The molecule has 0 saturated carbocycles. The Bertz CT molecular complexity index is 746. The van der Waals surface area contributed by atoms with Crippen molar-refractivity contribution in [3.63, 3.8) is 0 Å². The Morgan fingerprint density at radius 1 is 1.00 bits per heavy atom. The number of nitrogens with one attached hydrogen (secondary N) is 3. The SMILES string of the molecule is O=C(N[C@@H](C(=O)NCC1CCNCC1)c1ccccc1)OCc1ccccc1. The van der Waals surface area contributed by atoms with E-state index in [1.165, 1.54) is 0 Å². The summed E-state index contributed by atoms with van der Waals surface area (Å²) in [4.78, 5) is 25.1.